The maximum atomic E-state index is 14.0. The summed E-state index contributed by atoms with van der Waals surface area (Å²) in [5.41, 5.74) is 8.00. The number of carbonyl (C=O) groups excluding carboxylic acids is 1. The monoisotopic (exact) mass is 1040 g/mol. The highest BCUT2D eigenvalue weighted by atomic mass is 16.6. The first-order valence-electron chi connectivity index (χ1n) is 25.7. The molecule has 3 N–H and O–H groups in total. The fraction of sp³-hybridized carbons (Fsp3) is 0.436. The Morgan fingerprint density at radius 2 is 1.12 bits per heavy atom. The quantitative estimate of drug-likeness (QED) is 0.195. The Morgan fingerprint density at radius 1 is 0.662 bits per heavy atom. The van der Waals surface area contributed by atoms with E-state index in [1.165, 1.54) is 13.7 Å². The minimum Gasteiger partial charge on any atom is -0.444 e. The van der Waals surface area contributed by atoms with Crippen molar-refractivity contribution in [2.45, 2.75) is 118 Å². The number of aromatic nitrogens is 12. The molecular weight excluding hydrogens is 981 g/mol. The predicted octanol–water partition coefficient (Wildman–Crippen LogP) is 3.86. The van der Waals surface area contributed by atoms with Crippen molar-refractivity contribution >= 4 is 62.1 Å². The number of anilines is 2. The number of rotatable bonds is 9. The van der Waals surface area contributed by atoms with Gasteiger partial charge in [-0.05, 0) is 86.3 Å². The molecule has 0 aliphatic carbocycles. The van der Waals surface area contributed by atoms with Crippen molar-refractivity contribution in [3.05, 3.63) is 113 Å². The maximum Gasteiger partial charge on any atom is 0.407 e. The number of benzene rings is 2. The minimum atomic E-state index is -0.605. The molecule has 77 heavy (non-hydrogen) atoms. The second-order valence-electron chi connectivity index (χ2n) is 20.4. The summed E-state index contributed by atoms with van der Waals surface area (Å²) in [6.07, 6.45) is 2.98. The molecular formula is C55H64N16O6. The maximum absolute atomic E-state index is 14.0. The summed E-state index contributed by atoms with van der Waals surface area (Å²) < 4.78 is 14.1. The summed E-state index contributed by atoms with van der Waals surface area (Å²) >= 11 is 0. The highest BCUT2D eigenvalue weighted by Gasteiger charge is 2.30. The molecule has 0 saturated carbocycles. The molecule has 6 aromatic heterocycles. The lowest BCUT2D eigenvalue weighted by molar-refractivity contribution is 0.0499. The number of nitrogens with one attached hydrogen (secondary N) is 1. The van der Waals surface area contributed by atoms with Crippen LogP contribution < -0.4 is 43.3 Å². The van der Waals surface area contributed by atoms with Crippen molar-refractivity contribution in [1.82, 2.24) is 62.6 Å². The Bertz CT molecular complexity index is 3980. The number of ether oxygens (including phenoxy) is 1. The topological polar surface area (TPSA) is 246 Å². The van der Waals surface area contributed by atoms with Gasteiger partial charge >= 0.3 is 17.5 Å². The number of fused-ring (bicyclic) bond motifs is 4. The van der Waals surface area contributed by atoms with Crippen molar-refractivity contribution in [3.63, 3.8) is 0 Å². The molecule has 0 bridgehead atoms. The van der Waals surface area contributed by atoms with Crippen molar-refractivity contribution in [1.29, 1.82) is 0 Å². The molecule has 0 unspecified atom stereocenters. The van der Waals surface area contributed by atoms with Crippen molar-refractivity contribution in [3.8, 4) is 23.7 Å². The van der Waals surface area contributed by atoms with E-state index >= 15 is 0 Å². The summed E-state index contributed by atoms with van der Waals surface area (Å²) in [5.74, 6) is 13.8. The summed E-state index contributed by atoms with van der Waals surface area (Å²) in [4.78, 5) is 98.9. The molecule has 2 atom stereocenters. The molecule has 22 heteroatoms. The average molecular weight is 1050 g/mol. The van der Waals surface area contributed by atoms with Crippen LogP contribution in [0, 0.1) is 37.5 Å². The SMILES string of the molecule is CC#CCn1c(N2CCC[C@@H](N)C2)nc2c1c(=O)n(Cc1nc(C)c3ccccc3n1)c(=O)n2C.CC#CCn1c(N2CCC[C@@H](NC(=O)OC(C)(C)C)C2)nc2c1c(=O)n(Cc1nc(C)c3ccccc3n1)c(=O)n2C. The molecule has 2 fully saturated rings. The third-order valence-electron chi connectivity index (χ3n) is 13.7. The zero-order valence-corrected chi connectivity index (χ0v) is 45.0. The van der Waals surface area contributed by atoms with Gasteiger partial charge in [-0.3, -0.25) is 37.0 Å². The van der Waals surface area contributed by atoms with Crippen LogP contribution in [0.1, 0.15) is 83.3 Å². The first kappa shape index (κ1) is 53.2. The largest absolute Gasteiger partial charge is 0.444 e. The molecule has 2 aliphatic rings. The van der Waals surface area contributed by atoms with Crippen molar-refractivity contribution in [2.24, 2.45) is 19.8 Å². The van der Waals surface area contributed by atoms with Crippen LogP contribution >= 0.6 is 0 Å². The van der Waals surface area contributed by atoms with Crippen molar-refractivity contribution < 1.29 is 9.53 Å². The minimum absolute atomic E-state index is 0.0306. The second-order valence-corrected chi connectivity index (χ2v) is 20.4. The Kier molecular flexibility index (Phi) is 15.1. The van der Waals surface area contributed by atoms with Gasteiger partial charge in [0, 0.05) is 74.5 Å². The van der Waals surface area contributed by atoms with Gasteiger partial charge in [-0.1, -0.05) is 48.2 Å². The van der Waals surface area contributed by atoms with E-state index in [1.807, 2.05) is 88.0 Å². The first-order chi connectivity index (χ1) is 36.8. The van der Waals surface area contributed by atoms with Gasteiger partial charge in [0.05, 0.1) is 37.2 Å². The zero-order valence-electron chi connectivity index (χ0n) is 45.0. The van der Waals surface area contributed by atoms with Crippen LogP contribution in [0.3, 0.4) is 0 Å². The number of hydrogen-bond donors (Lipinski definition) is 2. The van der Waals surface area contributed by atoms with E-state index < -0.39 is 34.2 Å². The lowest BCUT2D eigenvalue weighted by Crippen LogP contribution is -2.49. The molecule has 22 nitrogen and oxygen atoms in total. The molecule has 0 radical (unpaired) electrons. The van der Waals surface area contributed by atoms with E-state index in [1.54, 1.807) is 37.1 Å². The summed E-state index contributed by atoms with van der Waals surface area (Å²) in [5, 5.41) is 4.81. The fourth-order valence-corrected chi connectivity index (χ4v) is 10.1. The van der Waals surface area contributed by atoms with Crippen LogP contribution in [0.5, 0.6) is 0 Å². The predicted molar refractivity (Wildman–Crippen MR) is 296 cm³/mol. The van der Waals surface area contributed by atoms with Crippen LogP contribution in [-0.4, -0.2) is 107 Å². The molecule has 8 heterocycles. The van der Waals surface area contributed by atoms with Crippen LogP contribution in [0.2, 0.25) is 0 Å². The van der Waals surface area contributed by atoms with E-state index in [-0.39, 0.29) is 49.4 Å². The Hall–Kier alpha value is -8.63. The number of alkyl carbamates (subject to hydrolysis) is 1. The number of piperidine rings is 2. The highest BCUT2D eigenvalue weighted by Crippen LogP contribution is 2.26. The van der Waals surface area contributed by atoms with Gasteiger partial charge in [0.25, 0.3) is 11.1 Å². The lowest BCUT2D eigenvalue weighted by atomic mass is 10.1. The molecule has 2 aromatic carbocycles. The Morgan fingerprint density at radius 3 is 1.57 bits per heavy atom. The van der Waals surface area contributed by atoms with E-state index in [4.69, 9.17) is 20.4 Å². The van der Waals surface area contributed by atoms with Crippen molar-refractivity contribution in [2.75, 3.05) is 36.0 Å². The highest BCUT2D eigenvalue weighted by molar-refractivity contribution is 5.81. The van der Waals surface area contributed by atoms with Crippen LogP contribution in [0.15, 0.2) is 67.7 Å². The molecule has 1 amide bonds. The van der Waals surface area contributed by atoms with Crippen LogP contribution in [0.4, 0.5) is 16.7 Å². The van der Waals surface area contributed by atoms with E-state index in [0.717, 1.165) is 70.0 Å². The Labute approximate surface area is 443 Å². The zero-order chi connectivity index (χ0) is 54.9. The molecule has 2 saturated heterocycles. The fourth-order valence-electron chi connectivity index (χ4n) is 10.1. The summed E-state index contributed by atoms with van der Waals surface area (Å²) in [6.45, 7) is 15.6. The van der Waals surface area contributed by atoms with E-state index in [9.17, 15) is 24.0 Å². The molecule has 8 aromatic rings. The van der Waals surface area contributed by atoms with Crippen LogP contribution in [-0.2, 0) is 45.0 Å². The third-order valence-corrected chi connectivity index (χ3v) is 13.7. The number of amides is 1. The number of imidazole rings is 2. The van der Waals surface area contributed by atoms with Gasteiger partial charge in [-0.25, -0.2) is 34.3 Å². The molecule has 400 valence electrons. The van der Waals surface area contributed by atoms with Gasteiger partial charge in [0.2, 0.25) is 11.9 Å². The average Bonchev–Trinajstić information content (AvgIpc) is 4.05. The number of carbonyl (C=O) groups is 1. The number of nitrogens with two attached hydrogens (primary N) is 1. The summed E-state index contributed by atoms with van der Waals surface area (Å²) in [7, 11) is 3.23. The number of hydrogen-bond acceptors (Lipinski definition) is 15. The number of para-hydroxylation sites is 2. The number of nitrogens with zero attached hydrogens (tertiary/aromatic N) is 14. The number of aryl methyl sites for hydroxylation is 4. The van der Waals surface area contributed by atoms with Gasteiger partial charge in [0.15, 0.2) is 22.3 Å². The smallest absolute Gasteiger partial charge is 0.407 e. The standard InChI is InChI=1S/C30H36N8O4.C25H28N8O2/c1-7-8-16-37-24-25(34-27(37)36-15-11-12-20(17-36)32-28(40)42-30(3,4)5)35(6)29(41)38(26(24)39)18-23-31-19(2)21-13-9-10-14-22(21)33-23;1-4-5-13-32-21-22(29-24(32)31-12-8-9-17(26)14-31)30(3)25(35)33(23(21)34)15-20-27-16(2)18-10-6-7-11-19(18)28-20/h9-10,13-14,20H,11-12,15-18H2,1-6H3,(H,32,40);6-7,10-11,17H,8-9,12-15,26H2,1-3H3/t20-;17-/m11/s1. The molecule has 0 spiro atoms. The first-order valence-corrected chi connectivity index (χ1v) is 25.7. The normalized spacial score (nSPS) is 15.7. The van der Waals surface area contributed by atoms with E-state index in [0.29, 0.717) is 54.3 Å². The third kappa shape index (κ3) is 10.9. The lowest BCUT2D eigenvalue weighted by Gasteiger charge is -2.34. The van der Waals surface area contributed by atoms with Gasteiger partial charge < -0.3 is 25.6 Å². The molecule has 10 rings (SSSR count). The van der Waals surface area contributed by atoms with Crippen LogP contribution in [0.25, 0.3) is 44.1 Å². The van der Waals surface area contributed by atoms with Gasteiger partial charge in [0.1, 0.15) is 17.2 Å². The second kappa shape index (κ2) is 21.9. The summed E-state index contributed by atoms with van der Waals surface area (Å²) in [6, 6.07) is 15.2. The van der Waals surface area contributed by atoms with Gasteiger partial charge in [-0.2, -0.15) is 9.97 Å². The van der Waals surface area contributed by atoms with Gasteiger partial charge in [-0.15, -0.1) is 11.8 Å². The molecule has 2 aliphatic heterocycles. The van der Waals surface area contributed by atoms with E-state index in [2.05, 4.69) is 53.8 Å². The Balaban J connectivity index is 0.000000191.